The number of hydrogen-bond acceptors (Lipinski definition) is 1. The molecule has 0 heterocycles. The van der Waals surface area contributed by atoms with Gasteiger partial charge in [0.25, 0.3) is 0 Å². The monoisotopic (exact) mass is 286 g/mol. The van der Waals surface area contributed by atoms with Gasteiger partial charge in [-0.1, -0.05) is 22.0 Å². The number of rotatable bonds is 2. The van der Waals surface area contributed by atoms with Gasteiger partial charge in [0.15, 0.2) is 0 Å². The lowest BCUT2D eigenvalue weighted by Crippen LogP contribution is -2.08. The molecule has 1 aromatic rings. The highest BCUT2D eigenvalue weighted by atomic mass is 79.9. The summed E-state index contributed by atoms with van der Waals surface area (Å²) in [7, 11) is 0. The molecular formula is C8H6BrCl2FO. The van der Waals surface area contributed by atoms with Gasteiger partial charge in [-0.25, -0.2) is 4.39 Å². The Hall–Kier alpha value is 0.170. The van der Waals surface area contributed by atoms with Crippen molar-refractivity contribution in [2.24, 2.45) is 0 Å². The summed E-state index contributed by atoms with van der Waals surface area (Å²) in [5.74, 6) is -0.534. The third-order valence-corrected chi connectivity index (χ3v) is 2.70. The Balaban J connectivity index is 3.12. The van der Waals surface area contributed by atoms with Gasteiger partial charge in [0.1, 0.15) is 16.8 Å². The fraction of sp³-hybridized carbons (Fsp3) is 0.250. The summed E-state index contributed by atoms with van der Waals surface area (Å²) in [6.45, 7) is 0. The number of aliphatic hydroxyl groups excluding tert-OH is 1. The van der Waals surface area contributed by atoms with Crippen molar-refractivity contribution in [3.05, 3.63) is 34.1 Å². The molecule has 0 amide bonds. The van der Waals surface area contributed by atoms with Crippen LogP contribution < -0.4 is 0 Å². The number of halogens is 4. The van der Waals surface area contributed by atoms with Gasteiger partial charge < -0.3 is 5.11 Å². The minimum absolute atomic E-state index is 0.0810. The molecule has 0 aliphatic heterocycles. The van der Waals surface area contributed by atoms with E-state index in [4.69, 9.17) is 23.2 Å². The largest absolute Gasteiger partial charge is 0.385 e. The fourth-order valence-electron chi connectivity index (χ4n) is 0.919. The maximum Gasteiger partial charge on any atom is 0.137 e. The summed E-state index contributed by atoms with van der Waals surface area (Å²) >= 11 is 14.0. The van der Waals surface area contributed by atoms with Gasteiger partial charge in [-0.05, 0) is 12.1 Å². The second-order valence-electron chi connectivity index (χ2n) is 2.41. The van der Waals surface area contributed by atoms with Crippen molar-refractivity contribution in [3.8, 4) is 0 Å². The van der Waals surface area contributed by atoms with Gasteiger partial charge in [0.05, 0.1) is 0 Å². The SMILES string of the molecule is OC(c1c(F)cccc1Br)C(Cl)Cl. The van der Waals surface area contributed by atoms with Crippen molar-refractivity contribution < 1.29 is 9.50 Å². The van der Waals surface area contributed by atoms with Crippen LogP contribution in [0.5, 0.6) is 0 Å². The van der Waals surface area contributed by atoms with Gasteiger partial charge in [-0.15, -0.1) is 23.2 Å². The molecule has 1 rings (SSSR count). The highest BCUT2D eigenvalue weighted by Gasteiger charge is 2.21. The second kappa shape index (κ2) is 4.60. The minimum atomic E-state index is -1.22. The first-order valence-electron chi connectivity index (χ1n) is 3.44. The molecule has 1 unspecified atom stereocenters. The Morgan fingerprint density at radius 2 is 2.00 bits per heavy atom. The van der Waals surface area contributed by atoms with Gasteiger partial charge in [0, 0.05) is 10.0 Å². The van der Waals surface area contributed by atoms with Gasteiger partial charge in [0.2, 0.25) is 0 Å². The smallest absolute Gasteiger partial charge is 0.137 e. The highest BCUT2D eigenvalue weighted by Crippen LogP contribution is 2.31. The number of aliphatic hydroxyl groups is 1. The molecule has 0 saturated heterocycles. The normalized spacial score (nSPS) is 13.4. The zero-order valence-electron chi connectivity index (χ0n) is 6.35. The maximum atomic E-state index is 13.2. The molecule has 0 radical (unpaired) electrons. The van der Waals surface area contributed by atoms with Crippen molar-refractivity contribution in [2.75, 3.05) is 0 Å². The predicted molar refractivity (Wildman–Crippen MR) is 54.6 cm³/mol. The third kappa shape index (κ3) is 2.56. The van der Waals surface area contributed by atoms with E-state index in [2.05, 4.69) is 15.9 Å². The Labute approximate surface area is 93.6 Å². The van der Waals surface area contributed by atoms with Crippen molar-refractivity contribution in [3.63, 3.8) is 0 Å². The first kappa shape index (κ1) is 11.2. The lowest BCUT2D eigenvalue weighted by atomic mass is 10.1. The summed E-state index contributed by atoms with van der Waals surface area (Å²) in [4.78, 5) is -1.05. The predicted octanol–water partition coefficient (Wildman–Crippen LogP) is 3.43. The van der Waals surface area contributed by atoms with Crippen LogP contribution in [0, 0.1) is 5.82 Å². The van der Waals surface area contributed by atoms with Crippen LogP contribution in [-0.4, -0.2) is 9.94 Å². The van der Waals surface area contributed by atoms with Crippen molar-refractivity contribution in [2.45, 2.75) is 10.9 Å². The molecule has 1 nitrogen and oxygen atoms in total. The minimum Gasteiger partial charge on any atom is -0.385 e. The molecule has 1 atom stereocenters. The summed E-state index contributed by atoms with van der Waals surface area (Å²) in [5.41, 5.74) is 0.0810. The molecule has 13 heavy (non-hydrogen) atoms. The average Bonchev–Trinajstić information content (AvgIpc) is 2.03. The molecule has 0 spiro atoms. The molecule has 0 aliphatic carbocycles. The van der Waals surface area contributed by atoms with E-state index in [0.29, 0.717) is 4.47 Å². The van der Waals surface area contributed by atoms with Gasteiger partial charge in [-0.3, -0.25) is 0 Å². The molecule has 0 aromatic heterocycles. The average molecular weight is 288 g/mol. The zero-order chi connectivity index (χ0) is 10.0. The molecule has 5 heteroatoms. The molecule has 0 aliphatic rings. The standard InChI is InChI=1S/C8H6BrCl2FO/c9-4-2-1-3-5(12)6(4)7(13)8(10)11/h1-3,7-8,13H. The van der Waals surface area contributed by atoms with Gasteiger partial charge in [-0.2, -0.15) is 0 Å². The van der Waals surface area contributed by atoms with E-state index in [-0.39, 0.29) is 5.56 Å². The maximum absolute atomic E-state index is 13.2. The van der Waals surface area contributed by atoms with Crippen LogP contribution in [0.4, 0.5) is 4.39 Å². The van der Waals surface area contributed by atoms with E-state index in [1.54, 1.807) is 6.07 Å². The van der Waals surface area contributed by atoms with E-state index < -0.39 is 16.8 Å². The van der Waals surface area contributed by atoms with Crippen LogP contribution in [0.2, 0.25) is 0 Å². The van der Waals surface area contributed by atoms with E-state index in [9.17, 15) is 9.50 Å². The van der Waals surface area contributed by atoms with Crippen molar-refractivity contribution >= 4 is 39.1 Å². The Bertz CT molecular complexity index is 286. The van der Waals surface area contributed by atoms with Gasteiger partial charge >= 0.3 is 0 Å². The van der Waals surface area contributed by atoms with E-state index in [1.165, 1.54) is 12.1 Å². The number of benzene rings is 1. The first-order chi connectivity index (χ1) is 6.04. The van der Waals surface area contributed by atoms with Crippen molar-refractivity contribution in [1.82, 2.24) is 0 Å². The number of hydrogen-bond donors (Lipinski definition) is 1. The second-order valence-corrected chi connectivity index (χ2v) is 4.43. The molecule has 1 N–H and O–H groups in total. The van der Waals surface area contributed by atoms with Crippen LogP contribution in [0.1, 0.15) is 11.7 Å². The Morgan fingerprint density at radius 3 is 2.46 bits per heavy atom. The molecule has 0 bridgehead atoms. The lowest BCUT2D eigenvalue weighted by molar-refractivity contribution is 0.187. The van der Waals surface area contributed by atoms with Crippen LogP contribution in [0.3, 0.4) is 0 Å². The van der Waals surface area contributed by atoms with E-state index >= 15 is 0 Å². The lowest BCUT2D eigenvalue weighted by Gasteiger charge is -2.13. The van der Waals surface area contributed by atoms with Crippen LogP contribution in [0.15, 0.2) is 22.7 Å². The quantitative estimate of drug-likeness (QED) is 0.827. The molecular weight excluding hydrogens is 282 g/mol. The Kier molecular flexibility index (Phi) is 3.98. The molecule has 1 aromatic carbocycles. The Morgan fingerprint density at radius 1 is 1.38 bits per heavy atom. The summed E-state index contributed by atoms with van der Waals surface area (Å²) in [5, 5.41) is 9.43. The highest BCUT2D eigenvalue weighted by molar-refractivity contribution is 9.10. The van der Waals surface area contributed by atoms with E-state index in [0.717, 1.165) is 0 Å². The van der Waals surface area contributed by atoms with Crippen LogP contribution >= 0.6 is 39.1 Å². The third-order valence-electron chi connectivity index (χ3n) is 1.53. The topological polar surface area (TPSA) is 20.2 Å². The first-order valence-corrected chi connectivity index (χ1v) is 5.10. The fourth-order valence-corrected chi connectivity index (χ4v) is 1.75. The summed E-state index contributed by atoms with van der Waals surface area (Å²) in [6, 6.07) is 4.37. The van der Waals surface area contributed by atoms with Crippen LogP contribution in [-0.2, 0) is 0 Å². The zero-order valence-corrected chi connectivity index (χ0v) is 9.44. The molecule has 0 saturated carbocycles. The van der Waals surface area contributed by atoms with Crippen LogP contribution in [0.25, 0.3) is 0 Å². The van der Waals surface area contributed by atoms with Crippen molar-refractivity contribution in [1.29, 1.82) is 0 Å². The molecule has 72 valence electrons. The van der Waals surface area contributed by atoms with E-state index in [1.807, 2.05) is 0 Å². The number of alkyl halides is 2. The summed E-state index contributed by atoms with van der Waals surface area (Å²) in [6.07, 6.45) is -1.22. The molecule has 0 fully saturated rings. The summed E-state index contributed by atoms with van der Waals surface area (Å²) < 4.78 is 13.6.